The predicted molar refractivity (Wildman–Crippen MR) is 87.4 cm³/mol. The highest BCUT2D eigenvalue weighted by Gasteiger charge is 2.36. The molecule has 2 N–H and O–H groups in total. The Kier molecular flexibility index (Phi) is 6.59. The van der Waals surface area contributed by atoms with Crippen LogP contribution in [0.3, 0.4) is 0 Å². The monoisotopic (exact) mass is 422 g/mol. The minimum absolute atomic E-state index is 0. The van der Waals surface area contributed by atoms with Crippen LogP contribution in [-0.2, 0) is 10.0 Å². The predicted octanol–water partition coefficient (Wildman–Crippen LogP) is 3.29. The summed E-state index contributed by atoms with van der Waals surface area (Å²) in [5.74, 6) is 0. The summed E-state index contributed by atoms with van der Waals surface area (Å²) in [6.45, 7) is 0.773. The molecule has 1 fully saturated rings. The standard InChI is InChI=1S/C11H13BrCl2N2O2S.ClH/c12-8-3-4-9(11(14)10(8)13)19(17,18)16-5-1-2-7(16)6-15;/h3-4,7H,1-2,5-6,15H2;1H. The molecule has 1 unspecified atom stereocenters. The number of nitrogens with two attached hydrogens (primary N) is 1. The Morgan fingerprint density at radius 1 is 1.35 bits per heavy atom. The normalized spacial score (nSPS) is 19.9. The fourth-order valence-corrected chi connectivity index (χ4v) is 5.09. The van der Waals surface area contributed by atoms with Gasteiger partial charge in [0.2, 0.25) is 10.0 Å². The molecule has 1 atom stereocenters. The van der Waals surface area contributed by atoms with Crippen molar-refractivity contribution in [2.24, 2.45) is 5.73 Å². The van der Waals surface area contributed by atoms with E-state index in [0.717, 1.165) is 12.8 Å². The molecule has 1 saturated heterocycles. The zero-order chi connectivity index (χ0) is 14.2. The van der Waals surface area contributed by atoms with Gasteiger partial charge < -0.3 is 5.73 Å². The Balaban J connectivity index is 0.00000200. The lowest BCUT2D eigenvalue weighted by atomic mass is 10.2. The topological polar surface area (TPSA) is 63.4 Å². The smallest absolute Gasteiger partial charge is 0.244 e. The van der Waals surface area contributed by atoms with Crippen LogP contribution in [0, 0.1) is 0 Å². The Morgan fingerprint density at radius 2 is 2.00 bits per heavy atom. The molecule has 4 nitrogen and oxygen atoms in total. The van der Waals surface area contributed by atoms with Crippen molar-refractivity contribution < 1.29 is 8.42 Å². The van der Waals surface area contributed by atoms with Gasteiger partial charge in [0.25, 0.3) is 0 Å². The average molecular weight is 425 g/mol. The van der Waals surface area contributed by atoms with Crippen LogP contribution in [0.25, 0.3) is 0 Å². The van der Waals surface area contributed by atoms with Crippen LogP contribution in [0.5, 0.6) is 0 Å². The van der Waals surface area contributed by atoms with Gasteiger partial charge in [-0.15, -0.1) is 12.4 Å². The van der Waals surface area contributed by atoms with E-state index in [4.69, 9.17) is 28.9 Å². The van der Waals surface area contributed by atoms with Crippen molar-refractivity contribution in [1.29, 1.82) is 0 Å². The highest BCUT2D eigenvalue weighted by Crippen LogP contribution is 2.37. The molecule has 0 amide bonds. The van der Waals surface area contributed by atoms with E-state index in [1.165, 1.54) is 10.4 Å². The third kappa shape index (κ3) is 3.27. The molecule has 0 aliphatic carbocycles. The van der Waals surface area contributed by atoms with Crippen molar-refractivity contribution >= 4 is 61.6 Å². The van der Waals surface area contributed by atoms with E-state index in [1.54, 1.807) is 6.07 Å². The van der Waals surface area contributed by atoms with Crippen molar-refractivity contribution in [3.05, 3.63) is 26.7 Å². The van der Waals surface area contributed by atoms with Crippen LogP contribution >= 0.6 is 51.5 Å². The van der Waals surface area contributed by atoms with Crippen LogP contribution in [-0.4, -0.2) is 31.9 Å². The summed E-state index contributed by atoms with van der Waals surface area (Å²) < 4.78 is 27.2. The van der Waals surface area contributed by atoms with E-state index in [-0.39, 0.29) is 33.4 Å². The van der Waals surface area contributed by atoms with E-state index in [1.807, 2.05) is 0 Å². The number of halogens is 4. The van der Waals surface area contributed by atoms with Gasteiger partial charge in [-0.2, -0.15) is 4.31 Å². The Hall–Kier alpha value is 0.440. The number of hydrogen-bond acceptors (Lipinski definition) is 3. The zero-order valence-corrected chi connectivity index (χ0v) is 15.1. The maximum Gasteiger partial charge on any atom is 0.244 e. The van der Waals surface area contributed by atoms with Gasteiger partial charge in [0.05, 0.1) is 10.0 Å². The molecule has 1 aromatic carbocycles. The van der Waals surface area contributed by atoms with Crippen molar-refractivity contribution in [3.8, 4) is 0 Å². The molecule has 0 aromatic heterocycles. The third-order valence-corrected chi connectivity index (χ3v) is 7.06. The van der Waals surface area contributed by atoms with E-state index in [2.05, 4.69) is 15.9 Å². The molecule has 114 valence electrons. The van der Waals surface area contributed by atoms with E-state index in [0.29, 0.717) is 17.6 Å². The van der Waals surface area contributed by atoms with Gasteiger partial charge in [0, 0.05) is 23.6 Å². The summed E-state index contributed by atoms with van der Waals surface area (Å²) in [4.78, 5) is 0.0303. The number of hydrogen-bond donors (Lipinski definition) is 1. The van der Waals surface area contributed by atoms with Gasteiger partial charge in [-0.3, -0.25) is 0 Å². The molecule has 9 heteroatoms. The summed E-state index contributed by atoms with van der Waals surface area (Å²) in [5, 5.41) is 0.241. The minimum atomic E-state index is -3.65. The second kappa shape index (κ2) is 7.13. The van der Waals surface area contributed by atoms with E-state index < -0.39 is 10.0 Å². The largest absolute Gasteiger partial charge is 0.329 e. The number of rotatable bonds is 3. The molecule has 0 saturated carbocycles. The minimum Gasteiger partial charge on any atom is -0.329 e. The first-order valence-corrected chi connectivity index (χ1v) is 8.74. The lowest BCUT2D eigenvalue weighted by Crippen LogP contribution is -2.39. The molecule has 0 spiro atoms. The highest BCUT2D eigenvalue weighted by molar-refractivity contribution is 9.10. The van der Waals surface area contributed by atoms with Gasteiger partial charge in [-0.25, -0.2) is 8.42 Å². The molecule has 20 heavy (non-hydrogen) atoms. The highest BCUT2D eigenvalue weighted by atomic mass is 79.9. The van der Waals surface area contributed by atoms with Crippen LogP contribution in [0.1, 0.15) is 12.8 Å². The summed E-state index contributed by atoms with van der Waals surface area (Å²) >= 11 is 15.2. The number of benzene rings is 1. The molecule has 1 aliphatic rings. The number of sulfonamides is 1. The van der Waals surface area contributed by atoms with Crippen molar-refractivity contribution in [3.63, 3.8) is 0 Å². The molecule has 2 rings (SSSR count). The van der Waals surface area contributed by atoms with Crippen LogP contribution in [0.4, 0.5) is 0 Å². The van der Waals surface area contributed by atoms with Gasteiger partial charge in [0.1, 0.15) is 4.90 Å². The van der Waals surface area contributed by atoms with Gasteiger partial charge in [-0.05, 0) is 40.9 Å². The first-order valence-electron chi connectivity index (χ1n) is 5.75. The summed E-state index contributed by atoms with van der Waals surface area (Å²) in [6.07, 6.45) is 1.58. The van der Waals surface area contributed by atoms with Crippen molar-refractivity contribution in [2.75, 3.05) is 13.1 Å². The first-order chi connectivity index (χ1) is 8.89. The fourth-order valence-electron chi connectivity index (χ4n) is 2.19. The van der Waals surface area contributed by atoms with Gasteiger partial charge in [0.15, 0.2) is 0 Å². The molecule has 0 radical (unpaired) electrons. The lowest BCUT2D eigenvalue weighted by molar-refractivity contribution is 0.393. The average Bonchev–Trinajstić information content (AvgIpc) is 2.84. The summed E-state index contributed by atoms with van der Waals surface area (Å²) in [5.41, 5.74) is 5.62. The Labute approximate surface area is 143 Å². The maximum absolute atomic E-state index is 12.6. The van der Waals surface area contributed by atoms with Gasteiger partial charge in [-0.1, -0.05) is 23.2 Å². The fraction of sp³-hybridized carbons (Fsp3) is 0.455. The third-order valence-electron chi connectivity index (χ3n) is 3.18. The van der Waals surface area contributed by atoms with Crippen LogP contribution in [0.2, 0.25) is 10.0 Å². The molecule has 0 bridgehead atoms. The lowest BCUT2D eigenvalue weighted by Gasteiger charge is -2.23. The first kappa shape index (κ1) is 18.5. The molecular weight excluding hydrogens is 410 g/mol. The second-order valence-corrected chi connectivity index (χ2v) is 7.79. The molecule has 1 heterocycles. The van der Waals surface area contributed by atoms with Crippen LogP contribution in [0.15, 0.2) is 21.5 Å². The SMILES string of the molecule is Cl.NCC1CCCN1S(=O)(=O)c1ccc(Br)c(Cl)c1Cl. The number of nitrogens with zero attached hydrogens (tertiary/aromatic N) is 1. The van der Waals surface area contributed by atoms with Gasteiger partial charge >= 0.3 is 0 Å². The van der Waals surface area contributed by atoms with E-state index in [9.17, 15) is 8.42 Å². The summed E-state index contributed by atoms with van der Waals surface area (Å²) in [6, 6.07) is 2.87. The van der Waals surface area contributed by atoms with E-state index >= 15 is 0 Å². The maximum atomic E-state index is 12.6. The Bertz CT molecular complexity index is 598. The van der Waals surface area contributed by atoms with Crippen molar-refractivity contribution in [1.82, 2.24) is 4.31 Å². The second-order valence-electron chi connectivity index (χ2n) is 4.32. The van der Waals surface area contributed by atoms with Crippen molar-refractivity contribution in [2.45, 2.75) is 23.8 Å². The van der Waals surface area contributed by atoms with Crippen LogP contribution < -0.4 is 5.73 Å². The Morgan fingerprint density at radius 3 is 2.60 bits per heavy atom. The molecular formula is C11H14BrCl3N2O2S. The molecule has 1 aliphatic heterocycles. The quantitative estimate of drug-likeness (QED) is 0.758. The molecule has 1 aromatic rings. The summed E-state index contributed by atoms with van der Waals surface area (Å²) in [7, 11) is -3.65. The zero-order valence-electron chi connectivity index (χ0n) is 10.4.